The molecule has 1 atom stereocenters. The Labute approximate surface area is 217 Å². The third-order valence-corrected chi connectivity index (χ3v) is 14.9. The number of fused-ring (bicyclic) bond motifs is 2. The first-order valence-electron chi connectivity index (χ1n) is 14.2. The van der Waals surface area contributed by atoms with Crippen molar-refractivity contribution >= 4 is 31.3 Å². The minimum Gasteiger partial charge on any atom is -0.0842 e. The highest BCUT2D eigenvalue weighted by Crippen LogP contribution is 2.64. The van der Waals surface area contributed by atoms with Gasteiger partial charge in [0.1, 0.15) is 8.07 Å². The molecular formula is C34H35BSi. The van der Waals surface area contributed by atoms with E-state index in [0.29, 0.717) is 0 Å². The van der Waals surface area contributed by atoms with E-state index < -0.39 is 8.07 Å². The molecule has 1 unspecified atom stereocenters. The van der Waals surface area contributed by atoms with Gasteiger partial charge in [0.15, 0.2) is 6.71 Å². The van der Waals surface area contributed by atoms with Crippen LogP contribution >= 0.6 is 0 Å². The van der Waals surface area contributed by atoms with Crippen molar-refractivity contribution in [2.45, 2.75) is 62.6 Å². The van der Waals surface area contributed by atoms with E-state index in [1.165, 1.54) is 67.7 Å². The first-order valence-corrected chi connectivity index (χ1v) is 16.4. The van der Waals surface area contributed by atoms with Gasteiger partial charge in [-0.25, -0.2) is 0 Å². The van der Waals surface area contributed by atoms with Gasteiger partial charge in [0.05, 0.1) is 0 Å². The molecule has 0 radical (unpaired) electrons. The molecule has 2 heteroatoms. The van der Waals surface area contributed by atoms with E-state index in [-0.39, 0.29) is 0 Å². The first kappa shape index (κ1) is 22.4. The third-order valence-electron chi connectivity index (χ3n) is 9.68. The highest BCUT2D eigenvalue weighted by molar-refractivity contribution is 7.22. The number of hydrogen-bond donors (Lipinski definition) is 0. The van der Waals surface area contributed by atoms with Crippen LogP contribution in [0.4, 0.5) is 0 Å². The molecule has 7 rings (SSSR count). The normalized spacial score (nSPS) is 28.4. The maximum atomic E-state index is 2.64. The van der Waals surface area contributed by atoms with Gasteiger partial charge in [0, 0.05) is 0 Å². The monoisotopic (exact) mass is 482 g/mol. The SMILES string of the molecule is C1=C(c2ccccc2)[Si]2(CC1)C(c1ccccc1)=C(B1C3CCCC1CCC3)/C2=C/c1ccccc1. The zero-order valence-corrected chi connectivity index (χ0v) is 22.2. The molecule has 1 spiro atoms. The largest absolute Gasteiger partial charge is 0.182 e. The topological polar surface area (TPSA) is 0 Å². The molecule has 2 bridgehead atoms. The van der Waals surface area contributed by atoms with Gasteiger partial charge in [-0.15, -0.1) is 0 Å². The van der Waals surface area contributed by atoms with Gasteiger partial charge in [-0.05, 0) is 39.5 Å². The highest BCUT2D eigenvalue weighted by atomic mass is 28.3. The van der Waals surface area contributed by atoms with Crippen molar-refractivity contribution in [3.63, 3.8) is 0 Å². The molecule has 178 valence electrons. The summed E-state index contributed by atoms with van der Waals surface area (Å²) in [5, 5.41) is 5.24. The lowest BCUT2D eigenvalue weighted by Gasteiger charge is -2.54. The van der Waals surface area contributed by atoms with Crippen molar-refractivity contribution in [2.75, 3.05) is 0 Å². The van der Waals surface area contributed by atoms with Gasteiger partial charge in [-0.3, -0.25) is 0 Å². The van der Waals surface area contributed by atoms with Crippen LogP contribution in [-0.2, 0) is 0 Å². The van der Waals surface area contributed by atoms with Crippen LogP contribution < -0.4 is 0 Å². The number of allylic oxidation sites excluding steroid dienone is 3. The van der Waals surface area contributed by atoms with Crippen molar-refractivity contribution in [2.24, 2.45) is 0 Å². The van der Waals surface area contributed by atoms with Crippen molar-refractivity contribution in [3.8, 4) is 0 Å². The number of hydrogen-bond acceptors (Lipinski definition) is 0. The molecule has 4 heterocycles. The molecule has 0 N–H and O–H groups in total. The van der Waals surface area contributed by atoms with Crippen molar-refractivity contribution in [3.05, 3.63) is 124 Å². The second-order valence-corrected chi connectivity index (χ2v) is 15.3. The summed E-state index contributed by atoms with van der Waals surface area (Å²) < 4.78 is 0. The first-order chi connectivity index (χ1) is 17.9. The summed E-state index contributed by atoms with van der Waals surface area (Å²) in [6.07, 6.45) is 15.1. The molecule has 0 saturated carbocycles. The van der Waals surface area contributed by atoms with Crippen LogP contribution in [-0.4, -0.2) is 14.8 Å². The average molecular weight is 483 g/mol. The van der Waals surface area contributed by atoms with Crippen LogP contribution in [0.3, 0.4) is 0 Å². The van der Waals surface area contributed by atoms with E-state index >= 15 is 0 Å². The smallest absolute Gasteiger partial charge is 0.0842 e. The van der Waals surface area contributed by atoms with Crippen LogP contribution in [0, 0.1) is 0 Å². The van der Waals surface area contributed by atoms with Crippen LogP contribution in [0.25, 0.3) is 16.5 Å². The molecular weight excluding hydrogens is 447 g/mol. The van der Waals surface area contributed by atoms with Crippen molar-refractivity contribution < 1.29 is 0 Å². The fourth-order valence-corrected chi connectivity index (χ4v) is 14.1. The molecule has 3 aromatic rings. The predicted octanol–water partition coefficient (Wildman–Crippen LogP) is 9.23. The Morgan fingerprint density at radius 1 is 0.667 bits per heavy atom. The Bertz CT molecular complexity index is 1320. The fourth-order valence-electron chi connectivity index (χ4n) is 8.35. The lowest BCUT2D eigenvalue weighted by molar-refractivity contribution is 0.446. The van der Waals surface area contributed by atoms with Gasteiger partial charge in [-0.1, -0.05) is 164 Å². The maximum Gasteiger partial charge on any atom is 0.182 e. The molecule has 4 aliphatic rings. The minimum absolute atomic E-state index is 0.758. The molecule has 0 aromatic heterocycles. The summed E-state index contributed by atoms with van der Waals surface area (Å²) in [6, 6.07) is 35.4. The van der Waals surface area contributed by atoms with Gasteiger partial charge in [-0.2, -0.15) is 0 Å². The summed E-state index contributed by atoms with van der Waals surface area (Å²) in [4.78, 5) is 0. The van der Waals surface area contributed by atoms with E-state index in [2.05, 4.69) is 103 Å². The van der Waals surface area contributed by atoms with Crippen LogP contribution in [0.15, 0.2) is 108 Å². The van der Waals surface area contributed by atoms with E-state index in [4.69, 9.17) is 0 Å². The van der Waals surface area contributed by atoms with E-state index in [0.717, 1.165) is 18.3 Å². The predicted molar refractivity (Wildman–Crippen MR) is 158 cm³/mol. The highest BCUT2D eigenvalue weighted by Gasteiger charge is 2.59. The van der Waals surface area contributed by atoms with Crippen LogP contribution in [0.2, 0.25) is 17.7 Å². The third kappa shape index (κ3) is 3.49. The molecule has 2 fully saturated rings. The second-order valence-electron chi connectivity index (χ2n) is 11.5. The van der Waals surface area contributed by atoms with Crippen molar-refractivity contribution in [1.82, 2.24) is 0 Å². The lowest BCUT2D eigenvalue weighted by Crippen LogP contribution is -2.54. The molecule has 0 amide bonds. The minimum atomic E-state index is -2.03. The van der Waals surface area contributed by atoms with Gasteiger partial charge < -0.3 is 0 Å². The summed E-state index contributed by atoms with van der Waals surface area (Å²) in [7, 11) is -2.03. The van der Waals surface area contributed by atoms with Crippen LogP contribution in [0.1, 0.15) is 61.6 Å². The Morgan fingerprint density at radius 2 is 1.22 bits per heavy atom. The van der Waals surface area contributed by atoms with E-state index in [1.54, 1.807) is 21.1 Å². The zero-order chi connectivity index (χ0) is 24.0. The molecule has 36 heavy (non-hydrogen) atoms. The Hall–Kier alpha value is -2.84. The van der Waals surface area contributed by atoms with Crippen molar-refractivity contribution in [1.29, 1.82) is 0 Å². The Balaban J connectivity index is 1.50. The Kier molecular flexibility index (Phi) is 5.74. The summed E-state index contributed by atoms with van der Waals surface area (Å²) >= 11 is 0. The molecule has 2 saturated heterocycles. The van der Waals surface area contributed by atoms with Gasteiger partial charge >= 0.3 is 0 Å². The van der Waals surface area contributed by atoms with Crippen LogP contribution in [0.5, 0.6) is 0 Å². The summed E-state index contributed by atoms with van der Waals surface area (Å²) in [5.74, 6) is 1.75. The standard InChI is InChI=1S/C34H35BSi/c1-4-13-26(14-5-1)25-32-33(35-29-19-10-20-30(35)22-11-21-29)34(28-17-8-3-9-18-28)36(32)24-12-23-31(36)27-15-6-2-7-16-27/h1-9,13-18,23,25,29-30H,10-12,19-22,24H2/b32-25-. The zero-order valence-electron chi connectivity index (χ0n) is 21.2. The summed E-state index contributed by atoms with van der Waals surface area (Å²) in [5.41, 5.74) is 6.13. The molecule has 0 aliphatic carbocycles. The molecule has 4 aliphatic heterocycles. The number of rotatable bonds is 4. The molecule has 3 aromatic carbocycles. The van der Waals surface area contributed by atoms with E-state index in [9.17, 15) is 0 Å². The average Bonchev–Trinajstić information content (AvgIpc) is 3.39. The lowest BCUT2D eigenvalue weighted by atomic mass is 9.24. The number of benzene rings is 3. The summed E-state index contributed by atoms with van der Waals surface area (Å²) in [6.45, 7) is 0.758. The second kappa shape index (κ2) is 9.23. The molecule has 0 nitrogen and oxygen atoms in total. The Morgan fingerprint density at radius 3 is 1.83 bits per heavy atom. The quantitative estimate of drug-likeness (QED) is 0.325. The van der Waals surface area contributed by atoms with Gasteiger partial charge in [0.25, 0.3) is 0 Å². The fraction of sp³-hybridized carbons (Fsp3) is 0.294. The van der Waals surface area contributed by atoms with E-state index in [1.807, 2.05) is 0 Å². The van der Waals surface area contributed by atoms with Gasteiger partial charge in [0.2, 0.25) is 0 Å². The maximum absolute atomic E-state index is 2.64.